The number of aromatic amines is 1. The smallest absolute Gasteiger partial charge is 0.269 e. The van der Waals surface area contributed by atoms with E-state index >= 15 is 0 Å². The number of pyridine rings is 2. The van der Waals surface area contributed by atoms with Crippen molar-refractivity contribution in [2.75, 3.05) is 11.5 Å². The molecule has 0 aliphatic carbocycles. The van der Waals surface area contributed by atoms with E-state index in [9.17, 15) is 18.0 Å². The van der Waals surface area contributed by atoms with Gasteiger partial charge >= 0.3 is 0 Å². The number of ether oxygens (including phenoxy) is 1. The van der Waals surface area contributed by atoms with Gasteiger partial charge in [0.25, 0.3) is 21.5 Å². The fourth-order valence-electron chi connectivity index (χ4n) is 4.43. The summed E-state index contributed by atoms with van der Waals surface area (Å²) in [5.74, 6) is 0.0376. The van der Waals surface area contributed by atoms with Gasteiger partial charge in [0.2, 0.25) is 0 Å². The van der Waals surface area contributed by atoms with Crippen molar-refractivity contribution in [3.8, 4) is 17.0 Å². The van der Waals surface area contributed by atoms with Gasteiger partial charge in [0.05, 0.1) is 22.9 Å². The second-order valence-electron chi connectivity index (χ2n) is 9.04. The zero-order valence-corrected chi connectivity index (χ0v) is 22.4. The first-order valence-corrected chi connectivity index (χ1v) is 14.0. The van der Waals surface area contributed by atoms with Crippen LogP contribution in [0, 0.1) is 0 Å². The van der Waals surface area contributed by atoms with Crippen molar-refractivity contribution in [1.82, 2.24) is 14.7 Å². The maximum absolute atomic E-state index is 13.3. The Morgan fingerprint density at radius 1 is 1.19 bits per heavy atom. The first-order valence-electron chi connectivity index (χ1n) is 12.1. The van der Waals surface area contributed by atoms with Crippen molar-refractivity contribution in [3.63, 3.8) is 0 Å². The number of hydrogen-bond acceptors (Lipinski definition) is 7. The Labute approximate surface area is 220 Å². The number of sulfonamides is 1. The van der Waals surface area contributed by atoms with Crippen LogP contribution in [0.25, 0.3) is 11.3 Å². The molecule has 11 heteroatoms. The van der Waals surface area contributed by atoms with E-state index in [1.807, 2.05) is 36.5 Å². The lowest BCUT2D eigenvalue weighted by Crippen LogP contribution is -2.38. The number of H-pyrrole nitrogens is 1. The number of hydrogen-bond donors (Lipinski definition) is 2. The average molecular weight is 545 g/mol. The lowest BCUT2D eigenvalue weighted by Gasteiger charge is -2.29. The quantitative estimate of drug-likeness (QED) is 0.431. The molecule has 1 aliphatic rings. The standard InChI is InChI=1S/C26H29ClN4O5S/c1-4-14-36-22-15-18(9-11-20(22)27)21-12-10-19(24(29-21)31-16(2)7-8-17(31)3)25(32)30-37(34,35)23-6-5-13-28-26(23)33/h5-6,9-13,15-17H,4,7-8,14H2,1-3H3,(H,28,33)(H,30,32)/t16-,17+. The summed E-state index contributed by atoms with van der Waals surface area (Å²) in [4.78, 5) is 34.0. The Bertz CT molecular complexity index is 1460. The number of nitrogens with zero attached hydrogens (tertiary/aromatic N) is 2. The molecule has 9 nitrogen and oxygen atoms in total. The third-order valence-electron chi connectivity index (χ3n) is 6.30. The predicted octanol–water partition coefficient (Wildman–Crippen LogP) is 4.38. The van der Waals surface area contributed by atoms with Crippen molar-refractivity contribution in [2.24, 2.45) is 0 Å². The number of anilines is 1. The molecule has 4 rings (SSSR count). The van der Waals surface area contributed by atoms with Crippen LogP contribution in [-0.2, 0) is 10.0 Å². The van der Waals surface area contributed by atoms with Crippen molar-refractivity contribution >= 4 is 33.3 Å². The highest BCUT2D eigenvalue weighted by Gasteiger charge is 2.33. The fourth-order valence-corrected chi connectivity index (χ4v) is 5.63. The maximum atomic E-state index is 13.3. The number of halogens is 1. The fraction of sp³-hybridized carbons (Fsp3) is 0.346. The van der Waals surface area contributed by atoms with E-state index in [1.165, 1.54) is 12.3 Å². The molecule has 2 N–H and O–H groups in total. The number of aromatic nitrogens is 2. The van der Waals surface area contributed by atoms with E-state index in [2.05, 4.69) is 4.98 Å². The lowest BCUT2D eigenvalue weighted by atomic mass is 10.1. The highest BCUT2D eigenvalue weighted by atomic mass is 35.5. The van der Waals surface area contributed by atoms with Gasteiger partial charge in [-0.05, 0) is 69.5 Å². The Kier molecular flexibility index (Phi) is 7.89. The molecular weight excluding hydrogens is 516 g/mol. The molecule has 37 heavy (non-hydrogen) atoms. The molecule has 1 fully saturated rings. The molecule has 1 aromatic carbocycles. The predicted molar refractivity (Wildman–Crippen MR) is 143 cm³/mol. The molecule has 0 saturated carbocycles. The number of rotatable bonds is 8. The van der Waals surface area contributed by atoms with Crippen molar-refractivity contribution in [1.29, 1.82) is 0 Å². The van der Waals surface area contributed by atoms with Gasteiger partial charge in [0, 0.05) is 23.8 Å². The van der Waals surface area contributed by atoms with Crippen molar-refractivity contribution < 1.29 is 17.9 Å². The molecule has 3 aromatic rings. The first kappa shape index (κ1) is 26.7. The number of nitrogens with one attached hydrogen (secondary N) is 2. The molecule has 0 unspecified atom stereocenters. The highest BCUT2D eigenvalue weighted by molar-refractivity contribution is 7.90. The number of amides is 1. The first-order chi connectivity index (χ1) is 17.6. The summed E-state index contributed by atoms with van der Waals surface area (Å²) < 4.78 is 33.4. The largest absolute Gasteiger partial charge is 0.492 e. The van der Waals surface area contributed by atoms with Gasteiger partial charge in [-0.25, -0.2) is 18.1 Å². The lowest BCUT2D eigenvalue weighted by molar-refractivity contribution is 0.0981. The molecule has 1 amide bonds. The SMILES string of the molecule is CCCOc1cc(-c2ccc(C(=O)NS(=O)(=O)c3ccc[nH]c3=O)c(N3[C@H](C)CC[C@@H]3C)n2)ccc1Cl. The summed E-state index contributed by atoms with van der Waals surface area (Å²) in [7, 11) is -4.41. The molecule has 1 aliphatic heterocycles. The Balaban J connectivity index is 1.76. The molecule has 0 spiro atoms. The summed E-state index contributed by atoms with van der Waals surface area (Å²) in [5, 5.41) is 0.483. The van der Waals surface area contributed by atoms with Crippen LogP contribution in [0.1, 0.15) is 50.4 Å². The van der Waals surface area contributed by atoms with Gasteiger partial charge in [-0.2, -0.15) is 0 Å². The van der Waals surface area contributed by atoms with Crippen LogP contribution in [0.3, 0.4) is 0 Å². The monoisotopic (exact) mass is 544 g/mol. The Morgan fingerprint density at radius 3 is 2.59 bits per heavy atom. The second kappa shape index (κ2) is 10.9. The molecule has 0 bridgehead atoms. The van der Waals surface area contributed by atoms with E-state index < -0.39 is 26.4 Å². The molecular formula is C26H29ClN4O5S. The molecule has 3 heterocycles. The summed E-state index contributed by atoms with van der Waals surface area (Å²) in [6.07, 6.45) is 3.95. The van der Waals surface area contributed by atoms with E-state index in [0.29, 0.717) is 28.9 Å². The summed E-state index contributed by atoms with van der Waals surface area (Å²) in [5.41, 5.74) is 0.601. The number of carbonyl (C=O) groups is 1. The molecule has 0 radical (unpaired) electrons. The number of benzene rings is 1. The normalized spacial score (nSPS) is 17.6. The van der Waals surface area contributed by atoms with E-state index in [-0.39, 0.29) is 17.6 Å². The Morgan fingerprint density at radius 2 is 1.92 bits per heavy atom. The zero-order chi connectivity index (χ0) is 26.7. The van der Waals surface area contributed by atoms with Gasteiger partial charge in [0.15, 0.2) is 4.90 Å². The van der Waals surface area contributed by atoms with Gasteiger partial charge in [0.1, 0.15) is 11.6 Å². The van der Waals surface area contributed by atoms with Gasteiger partial charge in [-0.3, -0.25) is 9.59 Å². The zero-order valence-electron chi connectivity index (χ0n) is 20.8. The van der Waals surface area contributed by atoms with E-state index in [0.717, 1.165) is 30.9 Å². The summed E-state index contributed by atoms with van der Waals surface area (Å²) in [6.45, 7) is 6.60. The van der Waals surface area contributed by atoms with Gasteiger partial charge in [-0.1, -0.05) is 24.6 Å². The van der Waals surface area contributed by atoms with Gasteiger partial charge in [-0.15, -0.1) is 0 Å². The second-order valence-corrected chi connectivity index (χ2v) is 11.1. The minimum Gasteiger partial charge on any atom is -0.492 e. The topological polar surface area (TPSA) is 121 Å². The minimum absolute atomic E-state index is 0.0894. The van der Waals surface area contributed by atoms with Crippen LogP contribution < -0.4 is 19.9 Å². The molecule has 1 saturated heterocycles. The van der Waals surface area contributed by atoms with Crippen LogP contribution >= 0.6 is 11.6 Å². The highest BCUT2D eigenvalue weighted by Crippen LogP contribution is 2.35. The molecule has 2 atom stereocenters. The minimum atomic E-state index is -4.41. The average Bonchev–Trinajstić information content (AvgIpc) is 3.20. The third kappa shape index (κ3) is 5.65. The van der Waals surface area contributed by atoms with Crippen LogP contribution in [0.15, 0.2) is 58.4 Å². The van der Waals surface area contributed by atoms with Crippen LogP contribution in [0.4, 0.5) is 5.82 Å². The Hall–Kier alpha value is -3.37. The van der Waals surface area contributed by atoms with E-state index in [1.54, 1.807) is 24.3 Å². The van der Waals surface area contributed by atoms with Crippen molar-refractivity contribution in [2.45, 2.75) is 57.0 Å². The maximum Gasteiger partial charge on any atom is 0.269 e. The van der Waals surface area contributed by atoms with Crippen molar-refractivity contribution in [3.05, 3.63) is 69.6 Å². The summed E-state index contributed by atoms with van der Waals surface area (Å²) in [6, 6.07) is 11.2. The number of carbonyl (C=O) groups excluding carboxylic acids is 1. The third-order valence-corrected chi connectivity index (χ3v) is 7.97. The molecule has 2 aromatic heterocycles. The van der Waals surface area contributed by atoms with Crippen LogP contribution in [-0.4, -0.2) is 43.0 Å². The van der Waals surface area contributed by atoms with E-state index in [4.69, 9.17) is 21.3 Å². The molecule has 196 valence electrons. The van der Waals surface area contributed by atoms with Gasteiger partial charge < -0.3 is 14.6 Å². The van der Waals surface area contributed by atoms with Crippen LogP contribution in [0.5, 0.6) is 5.75 Å². The summed E-state index contributed by atoms with van der Waals surface area (Å²) >= 11 is 6.29. The van der Waals surface area contributed by atoms with Crippen LogP contribution in [0.2, 0.25) is 5.02 Å².